The summed E-state index contributed by atoms with van der Waals surface area (Å²) >= 11 is 0. The Hall–Kier alpha value is -2.96. The van der Waals surface area contributed by atoms with Gasteiger partial charge in [-0.05, 0) is 29.8 Å². The first-order chi connectivity index (χ1) is 12.4. The molecule has 2 rings (SSSR count). The summed E-state index contributed by atoms with van der Waals surface area (Å²) in [5, 5.41) is 2.38. The lowest BCUT2D eigenvalue weighted by molar-refractivity contribution is -0.117. The summed E-state index contributed by atoms with van der Waals surface area (Å²) in [6.07, 6.45) is -4.07. The minimum absolute atomic E-state index is 0.0652. The van der Waals surface area contributed by atoms with Crippen molar-refractivity contribution in [3.63, 3.8) is 0 Å². The molecule has 1 amide bonds. The van der Waals surface area contributed by atoms with E-state index in [0.717, 1.165) is 0 Å². The fourth-order valence-corrected chi connectivity index (χ4v) is 2.14. The molecule has 2 aromatic carbocycles. The van der Waals surface area contributed by atoms with Gasteiger partial charge in [0.15, 0.2) is 0 Å². The van der Waals surface area contributed by atoms with Crippen molar-refractivity contribution in [1.29, 1.82) is 0 Å². The van der Waals surface area contributed by atoms with Crippen LogP contribution in [0.4, 0.5) is 13.2 Å². The van der Waals surface area contributed by atoms with Crippen LogP contribution < -0.4 is 14.8 Å². The van der Waals surface area contributed by atoms with Crippen LogP contribution in [0.25, 0.3) is 5.57 Å². The van der Waals surface area contributed by atoms with Gasteiger partial charge in [-0.2, -0.15) is 13.2 Å². The van der Waals surface area contributed by atoms with E-state index in [1.807, 2.05) is 0 Å². The number of amides is 1. The van der Waals surface area contributed by atoms with Gasteiger partial charge in [-0.15, -0.1) is 0 Å². The molecule has 0 heterocycles. The van der Waals surface area contributed by atoms with Crippen LogP contribution in [0.2, 0.25) is 0 Å². The van der Waals surface area contributed by atoms with Crippen LogP contribution in [-0.2, 0) is 4.79 Å². The molecule has 0 saturated carbocycles. The Morgan fingerprint density at radius 1 is 1.04 bits per heavy atom. The highest BCUT2D eigenvalue weighted by molar-refractivity contribution is 5.96. The summed E-state index contributed by atoms with van der Waals surface area (Å²) in [6, 6.07) is 14.0. The molecule has 4 nitrogen and oxygen atoms in total. The summed E-state index contributed by atoms with van der Waals surface area (Å²) in [5.74, 6) is 0.409. The number of ether oxygens (including phenoxy) is 2. The number of hydrogen-bond acceptors (Lipinski definition) is 3. The summed E-state index contributed by atoms with van der Waals surface area (Å²) in [6.45, 7) is 0.194. The van der Waals surface area contributed by atoms with Crippen LogP contribution >= 0.6 is 0 Å². The average molecular weight is 365 g/mol. The van der Waals surface area contributed by atoms with E-state index in [9.17, 15) is 18.0 Å². The number of methoxy groups -OCH3 is 1. The number of benzene rings is 2. The molecule has 0 spiro atoms. The molecule has 0 fully saturated rings. The predicted octanol–water partition coefficient (Wildman–Crippen LogP) is 3.84. The fraction of sp³-hybridized carbons (Fsp3) is 0.211. The Labute approximate surface area is 149 Å². The molecule has 2 aromatic rings. The van der Waals surface area contributed by atoms with Gasteiger partial charge in [0.2, 0.25) is 5.91 Å². The lowest BCUT2D eigenvalue weighted by Crippen LogP contribution is -2.27. The zero-order valence-electron chi connectivity index (χ0n) is 14.0. The first kappa shape index (κ1) is 19.4. The Bertz CT molecular complexity index is 741. The summed E-state index contributed by atoms with van der Waals surface area (Å²) < 4.78 is 49.9. The van der Waals surface area contributed by atoms with E-state index in [1.165, 1.54) is 24.3 Å². The van der Waals surface area contributed by atoms with Crippen molar-refractivity contribution in [1.82, 2.24) is 5.32 Å². The standard InChI is InChI=1S/C19H18F3NO3/c1-25-15-7-9-16(10-8-15)26-12-11-23-18(24)13-17(19(20,21)22)14-5-3-2-4-6-14/h2-10,13H,11-12H2,1H3,(H,23,24)/b17-13-. The molecule has 0 aliphatic heterocycles. The lowest BCUT2D eigenvalue weighted by atomic mass is 10.1. The first-order valence-corrected chi connectivity index (χ1v) is 7.79. The van der Waals surface area contributed by atoms with Gasteiger partial charge in [0.1, 0.15) is 18.1 Å². The third kappa shape index (κ3) is 5.84. The molecule has 0 aromatic heterocycles. The van der Waals surface area contributed by atoms with Crippen LogP contribution in [0, 0.1) is 0 Å². The Kier molecular flexibility index (Phi) is 6.66. The third-order valence-corrected chi connectivity index (χ3v) is 3.40. The van der Waals surface area contributed by atoms with Crippen LogP contribution in [-0.4, -0.2) is 32.3 Å². The number of hydrogen-bond donors (Lipinski definition) is 1. The monoisotopic (exact) mass is 365 g/mol. The van der Waals surface area contributed by atoms with Crippen molar-refractivity contribution >= 4 is 11.5 Å². The van der Waals surface area contributed by atoms with Gasteiger partial charge in [0.25, 0.3) is 0 Å². The number of alkyl halides is 3. The molecule has 138 valence electrons. The smallest absolute Gasteiger partial charge is 0.417 e. The Morgan fingerprint density at radius 2 is 1.65 bits per heavy atom. The summed E-state index contributed by atoms with van der Waals surface area (Å²) in [7, 11) is 1.55. The molecule has 0 unspecified atom stereocenters. The molecular weight excluding hydrogens is 347 g/mol. The maximum absolute atomic E-state index is 13.2. The van der Waals surface area contributed by atoms with E-state index in [-0.39, 0.29) is 18.7 Å². The SMILES string of the molecule is COc1ccc(OCCNC(=O)/C=C(/c2ccccc2)C(F)(F)F)cc1. The quantitative estimate of drug-likeness (QED) is 0.599. The number of carbonyl (C=O) groups excluding carboxylic acids is 1. The topological polar surface area (TPSA) is 47.6 Å². The Balaban J connectivity index is 1.90. The van der Waals surface area contributed by atoms with Crippen molar-refractivity contribution < 1.29 is 27.4 Å². The molecule has 0 aliphatic carbocycles. The van der Waals surface area contributed by atoms with E-state index < -0.39 is 17.7 Å². The molecule has 1 N–H and O–H groups in total. The zero-order chi connectivity index (χ0) is 19.0. The van der Waals surface area contributed by atoms with Gasteiger partial charge < -0.3 is 14.8 Å². The third-order valence-electron chi connectivity index (χ3n) is 3.40. The average Bonchev–Trinajstić information content (AvgIpc) is 2.63. The van der Waals surface area contributed by atoms with Crippen LogP contribution in [0.1, 0.15) is 5.56 Å². The van der Waals surface area contributed by atoms with E-state index in [2.05, 4.69) is 5.32 Å². The number of carbonyl (C=O) groups is 1. The maximum atomic E-state index is 13.2. The van der Waals surface area contributed by atoms with E-state index in [0.29, 0.717) is 17.6 Å². The first-order valence-electron chi connectivity index (χ1n) is 7.79. The number of rotatable bonds is 7. The van der Waals surface area contributed by atoms with Crippen molar-refractivity contribution in [2.24, 2.45) is 0 Å². The van der Waals surface area contributed by atoms with Crippen LogP contribution in [0.3, 0.4) is 0 Å². The molecule has 0 atom stereocenters. The fourth-order valence-electron chi connectivity index (χ4n) is 2.14. The van der Waals surface area contributed by atoms with Crippen LogP contribution in [0.15, 0.2) is 60.7 Å². The van der Waals surface area contributed by atoms with Crippen molar-refractivity contribution in [2.45, 2.75) is 6.18 Å². The normalized spacial score (nSPS) is 11.8. The summed E-state index contributed by atoms with van der Waals surface area (Å²) in [5.41, 5.74) is -1.06. The molecule has 7 heteroatoms. The van der Waals surface area contributed by atoms with Gasteiger partial charge in [-0.3, -0.25) is 4.79 Å². The molecule has 0 aliphatic rings. The molecule has 0 radical (unpaired) electrons. The van der Waals surface area contributed by atoms with Gasteiger partial charge in [-0.1, -0.05) is 30.3 Å². The largest absolute Gasteiger partial charge is 0.497 e. The second-order valence-corrected chi connectivity index (χ2v) is 5.24. The van der Waals surface area contributed by atoms with E-state index in [4.69, 9.17) is 9.47 Å². The highest BCUT2D eigenvalue weighted by Gasteiger charge is 2.35. The molecule has 0 saturated heterocycles. The van der Waals surface area contributed by atoms with Gasteiger partial charge in [0, 0.05) is 6.08 Å². The lowest BCUT2D eigenvalue weighted by Gasteiger charge is -2.12. The van der Waals surface area contributed by atoms with Gasteiger partial charge >= 0.3 is 6.18 Å². The van der Waals surface area contributed by atoms with Crippen molar-refractivity contribution in [2.75, 3.05) is 20.3 Å². The maximum Gasteiger partial charge on any atom is 0.417 e. The Morgan fingerprint density at radius 3 is 2.23 bits per heavy atom. The molecule has 26 heavy (non-hydrogen) atoms. The van der Waals surface area contributed by atoms with Gasteiger partial charge in [-0.25, -0.2) is 0 Å². The second kappa shape index (κ2) is 8.94. The number of allylic oxidation sites excluding steroid dienone is 1. The van der Waals surface area contributed by atoms with Crippen molar-refractivity contribution in [3.05, 3.63) is 66.2 Å². The summed E-state index contributed by atoms with van der Waals surface area (Å²) in [4.78, 5) is 11.8. The number of halogens is 3. The highest BCUT2D eigenvalue weighted by Crippen LogP contribution is 2.33. The number of nitrogens with one attached hydrogen (secondary N) is 1. The molecular formula is C19H18F3NO3. The van der Waals surface area contributed by atoms with E-state index in [1.54, 1.807) is 37.4 Å². The van der Waals surface area contributed by atoms with E-state index >= 15 is 0 Å². The predicted molar refractivity (Wildman–Crippen MR) is 92.0 cm³/mol. The second-order valence-electron chi connectivity index (χ2n) is 5.24. The van der Waals surface area contributed by atoms with Crippen LogP contribution in [0.5, 0.6) is 11.5 Å². The van der Waals surface area contributed by atoms with Gasteiger partial charge in [0.05, 0.1) is 19.2 Å². The minimum Gasteiger partial charge on any atom is -0.497 e. The molecule has 0 bridgehead atoms. The zero-order valence-corrected chi connectivity index (χ0v) is 14.0. The van der Waals surface area contributed by atoms with Crippen molar-refractivity contribution in [3.8, 4) is 11.5 Å². The highest BCUT2D eigenvalue weighted by atomic mass is 19.4. The minimum atomic E-state index is -4.63.